The number of ether oxygens (including phenoxy) is 1. The molecule has 1 saturated heterocycles. The maximum atomic E-state index is 12.5. The van der Waals surface area contributed by atoms with Gasteiger partial charge in [0.25, 0.3) is 0 Å². The van der Waals surface area contributed by atoms with Crippen molar-refractivity contribution in [2.24, 2.45) is 0 Å². The van der Waals surface area contributed by atoms with Gasteiger partial charge in [0.05, 0.1) is 18.8 Å². The lowest BCUT2D eigenvalue weighted by atomic mass is 10.1. The Balaban J connectivity index is 1.58. The van der Waals surface area contributed by atoms with Crippen LogP contribution in [0.25, 0.3) is 11.4 Å². The van der Waals surface area contributed by atoms with Gasteiger partial charge in [-0.3, -0.25) is 4.79 Å². The Bertz CT molecular complexity index is 711. The highest BCUT2D eigenvalue weighted by Crippen LogP contribution is 2.18. The first-order valence-electron chi connectivity index (χ1n) is 8.89. The average Bonchev–Trinajstić information content (AvgIpc) is 3.11. The molecule has 134 valence electrons. The van der Waals surface area contributed by atoms with E-state index in [9.17, 15) is 4.79 Å². The number of rotatable bonds is 5. The molecule has 6 nitrogen and oxygen atoms in total. The fourth-order valence-electron chi connectivity index (χ4n) is 2.97. The van der Waals surface area contributed by atoms with E-state index < -0.39 is 0 Å². The Hall–Kier alpha value is -2.21. The van der Waals surface area contributed by atoms with E-state index in [1.54, 1.807) is 0 Å². The molecule has 1 aromatic heterocycles. The largest absolute Gasteiger partial charge is 0.375 e. The molecule has 1 aliphatic rings. The van der Waals surface area contributed by atoms with Gasteiger partial charge in [-0.1, -0.05) is 36.3 Å². The summed E-state index contributed by atoms with van der Waals surface area (Å²) >= 11 is 0. The highest BCUT2D eigenvalue weighted by Gasteiger charge is 2.27. The van der Waals surface area contributed by atoms with Gasteiger partial charge in [-0.2, -0.15) is 4.98 Å². The van der Waals surface area contributed by atoms with Crippen molar-refractivity contribution in [2.75, 3.05) is 13.2 Å². The van der Waals surface area contributed by atoms with Crippen LogP contribution in [0.15, 0.2) is 28.8 Å². The van der Waals surface area contributed by atoms with E-state index in [4.69, 9.17) is 9.26 Å². The third-order valence-corrected chi connectivity index (χ3v) is 4.57. The van der Waals surface area contributed by atoms with Crippen LogP contribution in [-0.4, -0.2) is 46.2 Å². The fourth-order valence-corrected chi connectivity index (χ4v) is 2.97. The smallest absolute Gasteiger partial charge is 0.227 e. The molecule has 6 heteroatoms. The van der Waals surface area contributed by atoms with Crippen LogP contribution >= 0.6 is 0 Å². The highest BCUT2D eigenvalue weighted by atomic mass is 16.5. The molecule has 2 heterocycles. The minimum atomic E-state index is 0.0845. The molecule has 0 unspecified atom stereocenters. The van der Waals surface area contributed by atoms with E-state index in [-0.39, 0.29) is 18.1 Å². The average molecular weight is 343 g/mol. The van der Waals surface area contributed by atoms with Crippen molar-refractivity contribution in [3.05, 3.63) is 35.7 Å². The lowest BCUT2D eigenvalue weighted by Crippen LogP contribution is -2.50. The summed E-state index contributed by atoms with van der Waals surface area (Å²) in [5.74, 6) is 1.17. The molecule has 0 saturated carbocycles. The monoisotopic (exact) mass is 343 g/mol. The topological polar surface area (TPSA) is 68.5 Å². The number of carbonyl (C=O) groups is 1. The van der Waals surface area contributed by atoms with Crippen molar-refractivity contribution in [1.82, 2.24) is 15.0 Å². The summed E-state index contributed by atoms with van der Waals surface area (Å²) in [4.78, 5) is 18.8. The van der Waals surface area contributed by atoms with Crippen molar-refractivity contribution in [3.63, 3.8) is 0 Å². The molecule has 1 aliphatic heterocycles. The van der Waals surface area contributed by atoms with Gasteiger partial charge < -0.3 is 14.2 Å². The zero-order valence-electron chi connectivity index (χ0n) is 15.1. The van der Waals surface area contributed by atoms with Gasteiger partial charge in [0.2, 0.25) is 17.6 Å². The Kier molecular flexibility index (Phi) is 5.48. The summed E-state index contributed by atoms with van der Waals surface area (Å²) in [6.07, 6.45) is 1.91. The molecule has 1 aromatic carbocycles. The zero-order valence-corrected chi connectivity index (χ0v) is 15.1. The van der Waals surface area contributed by atoms with Gasteiger partial charge in [0.15, 0.2) is 0 Å². The molecule has 2 aromatic rings. The zero-order chi connectivity index (χ0) is 17.8. The molecule has 0 bridgehead atoms. The van der Waals surface area contributed by atoms with E-state index >= 15 is 0 Å². The molecule has 0 spiro atoms. The van der Waals surface area contributed by atoms with Crippen LogP contribution in [0.1, 0.15) is 38.6 Å². The Morgan fingerprint density at radius 2 is 2.04 bits per heavy atom. The van der Waals surface area contributed by atoms with Crippen LogP contribution < -0.4 is 0 Å². The van der Waals surface area contributed by atoms with E-state index in [0.29, 0.717) is 37.7 Å². The molecular formula is C19H25N3O3. The van der Waals surface area contributed by atoms with Gasteiger partial charge in [-0.25, -0.2) is 0 Å². The molecule has 0 aliphatic carbocycles. The summed E-state index contributed by atoms with van der Waals surface area (Å²) in [5.41, 5.74) is 2.20. The van der Waals surface area contributed by atoms with Crippen molar-refractivity contribution >= 4 is 5.91 Å². The van der Waals surface area contributed by atoms with Crippen molar-refractivity contribution in [2.45, 2.75) is 52.2 Å². The number of carbonyl (C=O) groups excluding carboxylic acids is 1. The van der Waals surface area contributed by atoms with Crippen LogP contribution in [0.4, 0.5) is 0 Å². The van der Waals surface area contributed by atoms with E-state index in [1.165, 1.54) is 5.56 Å². The fraction of sp³-hybridized carbons (Fsp3) is 0.526. The summed E-state index contributed by atoms with van der Waals surface area (Å²) in [6, 6.07) is 8.23. The number of aryl methyl sites for hydroxylation is 2. The van der Waals surface area contributed by atoms with Crippen LogP contribution in [0.5, 0.6) is 0 Å². The van der Waals surface area contributed by atoms with E-state index in [1.807, 2.05) is 30.9 Å². The van der Waals surface area contributed by atoms with Crippen molar-refractivity contribution < 1.29 is 14.1 Å². The first-order valence-corrected chi connectivity index (χ1v) is 8.89. The Morgan fingerprint density at radius 1 is 1.28 bits per heavy atom. The number of aromatic nitrogens is 2. The van der Waals surface area contributed by atoms with Gasteiger partial charge in [-0.05, 0) is 25.8 Å². The maximum Gasteiger partial charge on any atom is 0.227 e. The lowest BCUT2D eigenvalue weighted by molar-refractivity contribution is -0.143. The van der Waals surface area contributed by atoms with Crippen LogP contribution in [0.3, 0.4) is 0 Å². The number of morpholine rings is 1. The molecule has 0 N–H and O–H groups in total. The summed E-state index contributed by atoms with van der Waals surface area (Å²) in [5, 5.41) is 4.03. The molecule has 3 rings (SSSR count). The highest BCUT2D eigenvalue weighted by molar-refractivity contribution is 5.76. The molecular weight excluding hydrogens is 318 g/mol. The van der Waals surface area contributed by atoms with E-state index in [2.05, 4.69) is 29.2 Å². The molecule has 0 radical (unpaired) electrons. The number of amides is 1. The normalized spacial score (nSPS) is 20.7. The lowest BCUT2D eigenvalue weighted by Gasteiger charge is -2.36. The third kappa shape index (κ3) is 4.25. The molecule has 1 fully saturated rings. The number of nitrogens with zero attached hydrogens (tertiary/aromatic N) is 3. The molecule has 2 atom stereocenters. The SMILES string of the molecule is CCc1ccc(-c2noc(CCC(=O)N3C[C@H](C)OC[C@H]3C)n2)cc1. The predicted octanol–water partition coefficient (Wildman–Crippen LogP) is 2.87. The number of hydrogen-bond donors (Lipinski definition) is 0. The second-order valence-corrected chi connectivity index (χ2v) is 6.60. The van der Waals surface area contributed by atoms with Crippen LogP contribution in [-0.2, 0) is 22.4 Å². The summed E-state index contributed by atoms with van der Waals surface area (Å²) in [6.45, 7) is 7.34. The van der Waals surface area contributed by atoms with Gasteiger partial charge in [-0.15, -0.1) is 0 Å². The summed E-state index contributed by atoms with van der Waals surface area (Å²) in [7, 11) is 0. The van der Waals surface area contributed by atoms with Crippen LogP contribution in [0, 0.1) is 0 Å². The standard InChI is InChI=1S/C19H25N3O3/c1-4-15-5-7-16(8-6-15)19-20-17(25-21-19)9-10-18(23)22-11-14(3)24-12-13(22)2/h5-8,13-14H,4,9-12H2,1-3H3/t13-,14+/m1/s1. The second kappa shape index (κ2) is 7.78. The summed E-state index contributed by atoms with van der Waals surface area (Å²) < 4.78 is 10.9. The second-order valence-electron chi connectivity index (χ2n) is 6.60. The first kappa shape index (κ1) is 17.6. The Morgan fingerprint density at radius 3 is 2.76 bits per heavy atom. The molecule has 25 heavy (non-hydrogen) atoms. The first-order chi connectivity index (χ1) is 12.1. The maximum absolute atomic E-state index is 12.5. The third-order valence-electron chi connectivity index (χ3n) is 4.57. The van der Waals surface area contributed by atoms with Gasteiger partial charge >= 0.3 is 0 Å². The minimum Gasteiger partial charge on any atom is -0.375 e. The number of benzene rings is 1. The van der Waals surface area contributed by atoms with Crippen molar-refractivity contribution in [3.8, 4) is 11.4 Å². The van der Waals surface area contributed by atoms with Gasteiger partial charge in [0.1, 0.15) is 0 Å². The number of hydrogen-bond acceptors (Lipinski definition) is 5. The van der Waals surface area contributed by atoms with Crippen LogP contribution in [0.2, 0.25) is 0 Å². The van der Waals surface area contributed by atoms with Gasteiger partial charge in [0, 0.05) is 24.9 Å². The van der Waals surface area contributed by atoms with E-state index in [0.717, 1.165) is 12.0 Å². The quantitative estimate of drug-likeness (QED) is 0.835. The van der Waals surface area contributed by atoms with Crippen molar-refractivity contribution in [1.29, 1.82) is 0 Å². The predicted molar refractivity (Wildman–Crippen MR) is 94.0 cm³/mol. The minimum absolute atomic E-state index is 0.0845. The molecule has 1 amide bonds. The Labute approximate surface area is 148 Å².